The number of amides is 1. The number of hydrogen-bond donors (Lipinski definition) is 1. The lowest BCUT2D eigenvalue weighted by Gasteiger charge is -2.29. The summed E-state index contributed by atoms with van der Waals surface area (Å²) < 4.78 is 32.5. The first-order valence-electron chi connectivity index (χ1n) is 10.5. The van der Waals surface area contributed by atoms with E-state index < -0.39 is 10.0 Å². The lowest BCUT2D eigenvalue weighted by atomic mass is 10.1. The van der Waals surface area contributed by atoms with Crippen LogP contribution in [0.3, 0.4) is 0 Å². The molecule has 8 nitrogen and oxygen atoms in total. The average molecular weight is 447 g/mol. The molecule has 0 bridgehead atoms. The van der Waals surface area contributed by atoms with E-state index >= 15 is 0 Å². The molecule has 2 aromatic rings. The van der Waals surface area contributed by atoms with Crippen molar-refractivity contribution in [1.82, 2.24) is 14.6 Å². The zero-order chi connectivity index (χ0) is 22.4. The van der Waals surface area contributed by atoms with Gasteiger partial charge in [0.1, 0.15) is 5.82 Å². The fourth-order valence-corrected chi connectivity index (χ4v) is 5.10. The Balaban J connectivity index is 1.79. The third-order valence-corrected chi connectivity index (χ3v) is 7.46. The molecule has 0 radical (unpaired) electrons. The number of nitrogens with zero attached hydrogens (tertiary/aromatic N) is 3. The summed E-state index contributed by atoms with van der Waals surface area (Å²) in [6, 6.07) is 8.47. The first-order valence-corrected chi connectivity index (χ1v) is 12.0. The Morgan fingerprint density at radius 2 is 1.90 bits per heavy atom. The third kappa shape index (κ3) is 5.23. The number of aromatic nitrogens is 1. The summed E-state index contributed by atoms with van der Waals surface area (Å²) in [7, 11) is -3.64. The van der Waals surface area contributed by atoms with Gasteiger partial charge in [-0.3, -0.25) is 4.79 Å². The van der Waals surface area contributed by atoms with E-state index in [0.717, 1.165) is 30.0 Å². The highest BCUT2D eigenvalue weighted by molar-refractivity contribution is 7.89. The summed E-state index contributed by atoms with van der Waals surface area (Å²) >= 11 is 0. The zero-order valence-corrected chi connectivity index (χ0v) is 19.1. The van der Waals surface area contributed by atoms with E-state index in [4.69, 9.17) is 4.74 Å². The van der Waals surface area contributed by atoms with E-state index in [1.54, 1.807) is 39.1 Å². The second kappa shape index (κ2) is 10.2. The number of rotatable bonds is 8. The molecule has 1 aliphatic heterocycles. The summed E-state index contributed by atoms with van der Waals surface area (Å²) in [5.74, 6) is 0.520. The number of carbonyl (C=O) groups is 1. The number of pyridine rings is 1. The van der Waals surface area contributed by atoms with Crippen LogP contribution in [-0.2, 0) is 21.3 Å². The van der Waals surface area contributed by atoms with Gasteiger partial charge in [0, 0.05) is 50.0 Å². The van der Waals surface area contributed by atoms with Crippen molar-refractivity contribution in [1.29, 1.82) is 0 Å². The van der Waals surface area contributed by atoms with E-state index in [1.165, 1.54) is 10.4 Å². The van der Waals surface area contributed by atoms with Crippen molar-refractivity contribution in [2.45, 2.75) is 32.2 Å². The number of benzene rings is 1. The summed E-state index contributed by atoms with van der Waals surface area (Å²) in [4.78, 5) is 19.7. The molecule has 9 heteroatoms. The van der Waals surface area contributed by atoms with Crippen molar-refractivity contribution in [3.05, 3.63) is 53.2 Å². The van der Waals surface area contributed by atoms with Gasteiger partial charge in [-0.15, -0.1) is 0 Å². The van der Waals surface area contributed by atoms with E-state index in [1.807, 2.05) is 12.1 Å². The Hall–Kier alpha value is -2.49. The molecule has 31 heavy (non-hydrogen) atoms. The van der Waals surface area contributed by atoms with Crippen molar-refractivity contribution in [3.63, 3.8) is 0 Å². The van der Waals surface area contributed by atoms with Crippen LogP contribution in [0.5, 0.6) is 0 Å². The Morgan fingerprint density at radius 1 is 1.19 bits per heavy atom. The third-order valence-electron chi connectivity index (χ3n) is 5.41. The number of aryl methyl sites for hydroxylation is 1. The van der Waals surface area contributed by atoms with Crippen LogP contribution in [0.25, 0.3) is 0 Å². The molecule has 2 heterocycles. The number of sulfonamides is 1. The highest BCUT2D eigenvalue weighted by Gasteiger charge is 2.24. The smallest absolute Gasteiger partial charge is 0.251 e. The first-order chi connectivity index (χ1) is 14.9. The molecule has 168 valence electrons. The van der Waals surface area contributed by atoms with Crippen LogP contribution < -0.4 is 10.2 Å². The number of carbonyl (C=O) groups excluding carboxylic acids is 1. The fourth-order valence-electron chi connectivity index (χ4n) is 3.62. The Morgan fingerprint density at radius 3 is 2.58 bits per heavy atom. The minimum absolute atomic E-state index is 0.127. The normalized spacial score (nSPS) is 14.6. The highest BCUT2D eigenvalue weighted by atomic mass is 32.2. The van der Waals surface area contributed by atoms with Crippen molar-refractivity contribution in [2.24, 2.45) is 0 Å². The molecule has 0 atom stereocenters. The molecular formula is C22H30N4O4S. The number of morpholine rings is 1. The molecule has 0 spiro atoms. The number of hydrogen-bond acceptors (Lipinski definition) is 6. The Kier molecular flexibility index (Phi) is 7.64. The van der Waals surface area contributed by atoms with Crippen LogP contribution in [-0.4, -0.2) is 63.0 Å². The number of anilines is 1. The van der Waals surface area contributed by atoms with Gasteiger partial charge < -0.3 is 15.0 Å². The quantitative estimate of drug-likeness (QED) is 0.668. The van der Waals surface area contributed by atoms with Crippen LogP contribution in [0, 0.1) is 6.92 Å². The largest absolute Gasteiger partial charge is 0.378 e. The molecule has 1 aromatic heterocycles. The number of ether oxygens (including phenoxy) is 1. The molecular weight excluding hydrogens is 416 g/mol. The molecule has 0 aliphatic carbocycles. The second-order valence-electron chi connectivity index (χ2n) is 7.33. The minimum Gasteiger partial charge on any atom is -0.378 e. The van der Waals surface area contributed by atoms with Gasteiger partial charge in [-0.2, -0.15) is 4.31 Å². The molecule has 1 fully saturated rings. The molecule has 1 aliphatic rings. The monoisotopic (exact) mass is 446 g/mol. The van der Waals surface area contributed by atoms with E-state index in [-0.39, 0.29) is 10.8 Å². The van der Waals surface area contributed by atoms with Crippen LogP contribution in [0.15, 0.2) is 41.4 Å². The molecule has 1 amide bonds. The maximum absolute atomic E-state index is 12.9. The molecule has 0 unspecified atom stereocenters. The van der Waals surface area contributed by atoms with E-state index in [0.29, 0.717) is 38.4 Å². The Labute approximate surface area is 184 Å². The SMILES string of the molecule is CCN(CC)S(=O)(=O)c1ccc(C)c(C(=O)NCc2cccnc2N2CCOCC2)c1. The average Bonchev–Trinajstić information content (AvgIpc) is 2.79. The lowest BCUT2D eigenvalue weighted by Crippen LogP contribution is -2.38. The van der Waals surface area contributed by atoms with Crippen LogP contribution in [0.1, 0.15) is 35.3 Å². The summed E-state index contributed by atoms with van der Waals surface area (Å²) in [5.41, 5.74) is 1.97. The standard InChI is InChI=1S/C22H30N4O4S/c1-4-26(5-2)31(28,29)19-9-8-17(3)20(15-19)22(27)24-16-18-7-6-10-23-21(18)25-11-13-30-14-12-25/h6-10,15H,4-5,11-14,16H2,1-3H3,(H,24,27). The van der Waals surface area contributed by atoms with Gasteiger partial charge in [-0.1, -0.05) is 26.0 Å². The maximum atomic E-state index is 12.9. The summed E-state index contributed by atoms with van der Waals surface area (Å²) in [6.07, 6.45) is 1.74. The number of nitrogens with one attached hydrogen (secondary N) is 1. The topological polar surface area (TPSA) is 91.8 Å². The van der Waals surface area contributed by atoms with Crippen LogP contribution in [0.2, 0.25) is 0 Å². The van der Waals surface area contributed by atoms with Crippen molar-refractivity contribution >= 4 is 21.7 Å². The van der Waals surface area contributed by atoms with Gasteiger partial charge in [0.25, 0.3) is 5.91 Å². The lowest BCUT2D eigenvalue weighted by molar-refractivity contribution is 0.0950. The predicted molar refractivity (Wildman–Crippen MR) is 120 cm³/mol. The van der Waals surface area contributed by atoms with E-state index in [9.17, 15) is 13.2 Å². The van der Waals surface area contributed by atoms with E-state index in [2.05, 4.69) is 15.2 Å². The summed E-state index contributed by atoms with van der Waals surface area (Å²) in [5, 5.41) is 2.93. The first kappa shape index (κ1) is 23.2. The van der Waals surface area contributed by atoms with Crippen molar-refractivity contribution in [2.75, 3.05) is 44.3 Å². The maximum Gasteiger partial charge on any atom is 0.251 e. The molecule has 1 saturated heterocycles. The van der Waals surface area contributed by atoms with Crippen molar-refractivity contribution < 1.29 is 17.9 Å². The van der Waals surface area contributed by atoms with Gasteiger partial charge in [-0.05, 0) is 30.7 Å². The fraction of sp³-hybridized carbons (Fsp3) is 0.455. The zero-order valence-electron chi connectivity index (χ0n) is 18.3. The Bertz CT molecular complexity index is 1020. The van der Waals surface area contributed by atoms with Gasteiger partial charge in [0.05, 0.1) is 18.1 Å². The summed E-state index contributed by atoms with van der Waals surface area (Å²) in [6.45, 7) is 9.23. The van der Waals surface area contributed by atoms with Crippen LogP contribution >= 0.6 is 0 Å². The van der Waals surface area contributed by atoms with Gasteiger partial charge in [0.2, 0.25) is 10.0 Å². The molecule has 3 rings (SSSR count). The minimum atomic E-state index is -3.64. The highest BCUT2D eigenvalue weighted by Crippen LogP contribution is 2.21. The van der Waals surface area contributed by atoms with Crippen molar-refractivity contribution in [3.8, 4) is 0 Å². The van der Waals surface area contributed by atoms with Gasteiger partial charge in [-0.25, -0.2) is 13.4 Å². The predicted octanol–water partition coefficient (Wildman–Crippen LogP) is 2.19. The van der Waals surface area contributed by atoms with Gasteiger partial charge >= 0.3 is 0 Å². The van der Waals surface area contributed by atoms with Crippen LogP contribution in [0.4, 0.5) is 5.82 Å². The molecule has 1 N–H and O–H groups in total. The molecule has 0 saturated carbocycles. The van der Waals surface area contributed by atoms with Gasteiger partial charge in [0.15, 0.2) is 0 Å². The second-order valence-corrected chi connectivity index (χ2v) is 9.27. The molecule has 1 aromatic carbocycles.